The summed E-state index contributed by atoms with van der Waals surface area (Å²) in [5, 5.41) is 6.43. The highest BCUT2D eigenvalue weighted by Gasteiger charge is 2.35. The zero-order chi connectivity index (χ0) is 25.2. The second-order valence-electron chi connectivity index (χ2n) is 8.35. The van der Waals surface area contributed by atoms with Crippen LogP contribution in [0.3, 0.4) is 0 Å². The minimum Gasteiger partial charge on any atom is -0.380 e. The summed E-state index contributed by atoms with van der Waals surface area (Å²) < 4.78 is 58.3. The molecule has 186 valence electrons. The Kier molecular flexibility index (Phi) is 7.00. The highest BCUT2D eigenvalue weighted by Crippen LogP contribution is 2.33. The number of hydrogen-bond donors (Lipinski definition) is 1. The van der Waals surface area contributed by atoms with Crippen molar-refractivity contribution in [1.82, 2.24) is 19.7 Å². The van der Waals surface area contributed by atoms with E-state index < -0.39 is 29.7 Å². The lowest BCUT2D eigenvalue weighted by molar-refractivity contribution is -0.143. The van der Waals surface area contributed by atoms with Crippen LogP contribution in [0.5, 0.6) is 0 Å². The van der Waals surface area contributed by atoms with Gasteiger partial charge in [-0.2, -0.15) is 18.3 Å². The van der Waals surface area contributed by atoms with Crippen LogP contribution in [0.4, 0.5) is 17.6 Å². The Balaban J connectivity index is 1.57. The summed E-state index contributed by atoms with van der Waals surface area (Å²) >= 11 is 6.22. The van der Waals surface area contributed by atoms with Crippen LogP contribution in [0.15, 0.2) is 53.6 Å². The first-order valence-electron chi connectivity index (χ1n) is 10.7. The smallest absolute Gasteiger partial charge is 0.380 e. The van der Waals surface area contributed by atoms with E-state index in [2.05, 4.69) is 10.4 Å². The largest absolute Gasteiger partial charge is 0.408 e. The van der Waals surface area contributed by atoms with Crippen molar-refractivity contribution in [3.05, 3.63) is 81.2 Å². The van der Waals surface area contributed by atoms with E-state index in [4.69, 9.17) is 16.3 Å². The number of carbonyl (C=O) groups excluding carboxylic acids is 1. The van der Waals surface area contributed by atoms with E-state index in [0.29, 0.717) is 19.6 Å². The number of nitrogens with zero attached hydrogens (tertiary/aromatic N) is 3. The van der Waals surface area contributed by atoms with Crippen molar-refractivity contribution in [2.45, 2.75) is 31.0 Å². The van der Waals surface area contributed by atoms with E-state index in [1.165, 1.54) is 30.3 Å². The third-order valence-corrected chi connectivity index (χ3v) is 6.23. The molecule has 1 fully saturated rings. The summed E-state index contributed by atoms with van der Waals surface area (Å²) in [6, 6.07) is 10.1. The van der Waals surface area contributed by atoms with Crippen molar-refractivity contribution in [1.29, 1.82) is 0 Å². The summed E-state index contributed by atoms with van der Waals surface area (Å²) in [6.45, 7) is -0.434. The number of aromatic nitrogens is 3. The molecule has 12 heteroatoms. The van der Waals surface area contributed by atoms with E-state index in [-0.39, 0.29) is 33.3 Å². The van der Waals surface area contributed by atoms with Gasteiger partial charge in [-0.25, -0.2) is 18.4 Å². The van der Waals surface area contributed by atoms with Crippen LogP contribution in [-0.2, 0) is 16.7 Å². The number of rotatable bonds is 6. The third kappa shape index (κ3) is 5.57. The predicted octanol–water partition coefficient (Wildman–Crippen LogP) is 3.87. The van der Waals surface area contributed by atoms with Crippen molar-refractivity contribution in [2.24, 2.45) is 0 Å². The average molecular weight is 513 g/mol. The van der Waals surface area contributed by atoms with Crippen LogP contribution in [0.2, 0.25) is 5.02 Å². The summed E-state index contributed by atoms with van der Waals surface area (Å²) in [5.74, 6) is -0.915. The summed E-state index contributed by atoms with van der Waals surface area (Å²) in [5.41, 5.74) is -0.590. The van der Waals surface area contributed by atoms with E-state index in [0.717, 1.165) is 22.9 Å². The average Bonchev–Trinajstić information content (AvgIpc) is 3.17. The van der Waals surface area contributed by atoms with Gasteiger partial charge in [-0.05, 0) is 48.7 Å². The maximum Gasteiger partial charge on any atom is 0.408 e. The van der Waals surface area contributed by atoms with Crippen LogP contribution >= 0.6 is 11.6 Å². The van der Waals surface area contributed by atoms with Gasteiger partial charge in [0.15, 0.2) is 0 Å². The fourth-order valence-corrected chi connectivity index (χ4v) is 4.30. The van der Waals surface area contributed by atoms with Gasteiger partial charge in [-0.3, -0.25) is 4.79 Å². The Morgan fingerprint density at radius 1 is 1.20 bits per heavy atom. The van der Waals surface area contributed by atoms with E-state index in [1.54, 1.807) is 12.1 Å². The molecule has 0 spiro atoms. The molecule has 0 bridgehead atoms. The van der Waals surface area contributed by atoms with Crippen LogP contribution in [0, 0.1) is 5.82 Å². The molecule has 1 N–H and O–H groups in total. The first kappa shape index (κ1) is 24.9. The first-order chi connectivity index (χ1) is 16.6. The number of halogens is 5. The van der Waals surface area contributed by atoms with Crippen LogP contribution in [-0.4, -0.2) is 46.2 Å². The Hall–Kier alpha value is -3.18. The maximum absolute atomic E-state index is 13.4. The lowest BCUT2D eigenvalue weighted by Crippen LogP contribution is -2.46. The third-order valence-electron chi connectivity index (χ3n) is 5.90. The predicted molar refractivity (Wildman–Crippen MR) is 119 cm³/mol. The van der Waals surface area contributed by atoms with E-state index >= 15 is 0 Å². The fourth-order valence-electron chi connectivity index (χ4n) is 4.10. The molecule has 0 radical (unpaired) electrons. The summed E-state index contributed by atoms with van der Waals surface area (Å²) in [6.07, 6.45) is -2.20. The van der Waals surface area contributed by atoms with Gasteiger partial charge >= 0.3 is 11.9 Å². The standard InChI is InChI=1S/C23H21ClF4N4O3/c24-19-7-6-17(31-14-30-32(21(31)34)12-23(26,27)28)10-18(19)20(33)29-11-22(8-1-9-35-13-22)15-2-4-16(25)5-3-15/h2-7,10,14H,1,8-9,11-13H2,(H,29,33). The Bertz CT molecular complexity index is 1270. The zero-order valence-corrected chi connectivity index (χ0v) is 19.1. The van der Waals surface area contributed by atoms with Crippen LogP contribution < -0.4 is 11.0 Å². The molecule has 0 aliphatic carbocycles. The van der Waals surface area contributed by atoms with Crippen molar-refractivity contribution in [3.63, 3.8) is 0 Å². The molecule has 3 aromatic rings. The summed E-state index contributed by atoms with van der Waals surface area (Å²) in [7, 11) is 0. The molecule has 4 rings (SSSR count). The Morgan fingerprint density at radius 2 is 1.94 bits per heavy atom. The molecule has 1 amide bonds. The number of carbonyl (C=O) groups is 1. The van der Waals surface area contributed by atoms with Gasteiger partial charge in [0.2, 0.25) is 0 Å². The molecular formula is C23H21ClF4N4O3. The van der Waals surface area contributed by atoms with E-state index in [1.807, 2.05) is 0 Å². The van der Waals surface area contributed by atoms with Gasteiger partial charge in [0.05, 0.1) is 22.9 Å². The normalized spacial score (nSPS) is 18.4. The molecule has 1 unspecified atom stereocenters. The molecule has 0 saturated carbocycles. The van der Waals surface area contributed by atoms with Crippen molar-refractivity contribution in [3.8, 4) is 5.69 Å². The van der Waals surface area contributed by atoms with Gasteiger partial charge in [-0.15, -0.1) is 0 Å². The first-order valence-corrected chi connectivity index (χ1v) is 11.1. The molecule has 35 heavy (non-hydrogen) atoms. The van der Waals surface area contributed by atoms with Crippen molar-refractivity contribution >= 4 is 17.5 Å². The fraction of sp³-hybridized carbons (Fsp3) is 0.348. The van der Waals surface area contributed by atoms with Crippen molar-refractivity contribution in [2.75, 3.05) is 19.8 Å². The van der Waals surface area contributed by atoms with Crippen LogP contribution in [0.1, 0.15) is 28.8 Å². The molecule has 1 saturated heterocycles. The van der Waals surface area contributed by atoms with Gasteiger partial charge < -0.3 is 10.1 Å². The highest BCUT2D eigenvalue weighted by molar-refractivity contribution is 6.33. The lowest BCUT2D eigenvalue weighted by Gasteiger charge is -2.37. The lowest BCUT2D eigenvalue weighted by atomic mass is 9.76. The number of benzene rings is 2. The summed E-state index contributed by atoms with van der Waals surface area (Å²) in [4.78, 5) is 25.4. The molecule has 2 aromatic carbocycles. The number of amides is 1. The number of alkyl halides is 3. The molecule has 7 nitrogen and oxygen atoms in total. The number of ether oxygens (including phenoxy) is 1. The maximum atomic E-state index is 13.4. The Morgan fingerprint density at radius 3 is 2.60 bits per heavy atom. The SMILES string of the molecule is O=C(NCC1(c2ccc(F)cc2)CCCOC1)c1cc(-n2cnn(CC(F)(F)F)c2=O)ccc1Cl. The van der Waals surface area contributed by atoms with Gasteiger partial charge in [0, 0.05) is 18.6 Å². The molecule has 1 aliphatic heterocycles. The number of hydrogen-bond acceptors (Lipinski definition) is 4. The minimum absolute atomic E-state index is 0.0330. The van der Waals surface area contributed by atoms with E-state index in [9.17, 15) is 27.2 Å². The topological polar surface area (TPSA) is 78.2 Å². The van der Waals surface area contributed by atoms with Gasteiger partial charge in [0.1, 0.15) is 18.7 Å². The zero-order valence-electron chi connectivity index (χ0n) is 18.3. The Labute approximate surface area is 202 Å². The second-order valence-corrected chi connectivity index (χ2v) is 8.75. The number of nitrogens with one attached hydrogen (secondary N) is 1. The molecule has 1 aromatic heterocycles. The quantitative estimate of drug-likeness (QED) is 0.509. The van der Waals surface area contributed by atoms with Gasteiger partial charge in [0.25, 0.3) is 5.91 Å². The molecule has 2 heterocycles. The van der Waals surface area contributed by atoms with Crippen molar-refractivity contribution < 1.29 is 27.1 Å². The molecule has 1 atom stereocenters. The second kappa shape index (κ2) is 9.82. The minimum atomic E-state index is -4.61. The molecular weight excluding hydrogens is 492 g/mol. The van der Waals surface area contributed by atoms with Gasteiger partial charge in [-0.1, -0.05) is 23.7 Å². The highest BCUT2D eigenvalue weighted by atomic mass is 35.5. The monoisotopic (exact) mass is 512 g/mol. The van der Waals surface area contributed by atoms with Crippen LogP contribution in [0.25, 0.3) is 5.69 Å². The molecule has 1 aliphatic rings.